The van der Waals surface area contributed by atoms with Crippen LogP contribution in [0, 0.1) is 0 Å². The van der Waals surface area contributed by atoms with Gasteiger partial charge in [0.2, 0.25) is 0 Å². The van der Waals surface area contributed by atoms with Gasteiger partial charge in [-0.1, -0.05) is 97.6 Å². The number of nitrogens with zero attached hydrogens (tertiary/aromatic N) is 3. The predicted octanol–water partition coefficient (Wildman–Crippen LogP) is 10.7. The van der Waals surface area contributed by atoms with Crippen LogP contribution in [0.5, 0.6) is 11.5 Å². The highest BCUT2D eigenvalue weighted by atomic mass is 16.5. The van der Waals surface area contributed by atoms with E-state index in [1.807, 2.05) is 43.3 Å². The number of anilines is 3. The van der Waals surface area contributed by atoms with Crippen molar-refractivity contribution >= 4 is 39.4 Å². The molecule has 4 nitrogen and oxygen atoms in total. The lowest BCUT2D eigenvalue weighted by Crippen LogP contribution is -2.16. The van der Waals surface area contributed by atoms with Crippen molar-refractivity contribution in [3.8, 4) is 11.5 Å². The number of rotatable bonds is 5. The van der Waals surface area contributed by atoms with Gasteiger partial charge >= 0.3 is 0 Å². The number of hydrogen-bond acceptors (Lipinski definition) is 3. The van der Waals surface area contributed by atoms with Gasteiger partial charge in [0, 0.05) is 22.3 Å². The Kier molecular flexibility index (Phi) is 7.18. The first-order valence-electron chi connectivity index (χ1n) is 14.9. The highest BCUT2D eigenvalue weighted by Crippen LogP contribution is 2.52. The molecule has 0 fully saturated rings. The molecule has 0 spiro atoms. The topological polar surface area (TPSA) is 37.2 Å². The fourth-order valence-electron chi connectivity index (χ4n) is 5.90. The van der Waals surface area contributed by atoms with Crippen molar-refractivity contribution in [2.45, 2.75) is 32.6 Å². The summed E-state index contributed by atoms with van der Waals surface area (Å²) in [5, 5.41) is 2.23. The smallest absolute Gasteiger partial charge is 0.160 e. The minimum atomic E-state index is 0.653. The lowest BCUT2D eigenvalue weighted by molar-refractivity contribution is 0.482. The number of benzene rings is 5. The Balaban J connectivity index is 1.37. The van der Waals surface area contributed by atoms with Crippen molar-refractivity contribution < 1.29 is 4.74 Å². The number of para-hydroxylation sites is 2. The lowest BCUT2D eigenvalue weighted by Gasteiger charge is -2.33. The monoisotopic (exact) mass is 559 g/mol. The van der Waals surface area contributed by atoms with Crippen LogP contribution in [0.4, 0.5) is 17.1 Å². The van der Waals surface area contributed by atoms with Gasteiger partial charge in [0.25, 0.3) is 0 Å². The van der Waals surface area contributed by atoms with Gasteiger partial charge in [-0.2, -0.15) is 0 Å². The number of aliphatic imine (C=N–C) groups is 2. The molecule has 0 saturated heterocycles. The van der Waals surface area contributed by atoms with Crippen molar-refractivity contribution in [3.63, 3.8) is 0 Å². The van der Waals surface area contributed by atoms with Gasteiger partial charge in [0.1, 0.15) is 0 Å². The first-order chi connectivity index (χ1) is 21.2. The molecule has 0 saturated carbocycles. The van der Waals surface area contributed by atoms with Crippen LogP contribution in [0.1, 0.15) is 43.7 Å². The van der Waals surface area contributed by atoms with E-state index >= 15 is 0 Å². The van der Waals surface area contributed by atoms with Crippen molar-refractivity contribution in [3.05, 3.63) is 150 Å². The summed E-state index contributed by atoms with van der Waals surface area (Å²) in [6.07, 6.45) is 6.75. The first-order valence-corrected chi connectivity index (χ1v) is 14.9. The predicted molar refractivity (Wildman–Crippen MR) is 180 cm³/mol. The molecule has 5 aromatic carbocycles. The van der Waals surface area contributed by atoms with E-state index in [4.69, 9.17) is 14.7 Å². The van der Waals surface area contributed by atoms with Crippen LogP contribution in [0.25, 0.3) is 10.8 Å². The Labute approximate surface area is 253 Å². The normalized spacial score (nSPS) is 14.9. The molecule has 0 bridgehead atoms. The van der Waals surface area contributed by atoms with Gasteiger partial charge in [0.05, 0.1) is 17.1 Å². The van der Waals surface area contributed by atoms with Gasteiger partial charge in [-0.3, -0.25) is 0 Å². The number of ether oxygens (including phenoxy) is 1. The third kappa shape index (κ3) is 5.28. The number of hydrogen-bond donors (Lipinski definition) is 0. The molecule has 5 aromatic rings. The first kappa shape index (κ1) is 26.7. The average molecular weight is 560 g/mol. The molecule has 1 aliphatic heterocycles. The Morgan fingerprint density at radius 1 is 0.744 bits per heavy atom. The Morgan fingerprint density at radius 2 is 1.53 bits per heavy atom. The minimum absolute atomic E-state index is 0.653. The highest BCUT2D eigenvalue weighted by Gasteiger charge is 2.27. The van der Waals surface area contributed by atoms with Crippen LogP contribution in [0.15, 0.2) is 149 Å². The number of amidine groups is 1. The van der Waals surface area contributed by atoms with Crippen molar-refractivity contribution in [2.75, 3.05) is 4.90 Å². The van der Waals surface area contributed by atoms with E-state index in [0.29, 0.717) is 5.84 Å². The maximum Gasteiger partial charge on any atom is 0.160 e. The summed E-state index contributed by atoms with van der Waals surface area (Å²) in [4.78, 5) is 12.4. The van der Waals surface area contributed by atoms with Crippen molar-refractivity contribution in [2.24, 2.45) is 9.98 Å². The zero-order chi connectivity index (χ0) is 29.2. The van der Waals surface area contributed by atoms with Crippen LogP contribution in [-0.2, 0) is 0 Å². The van der Waals surface area contributed by atoms with E-state index in [-0.39, 0.29) is 0 Å². The molecule has 1 aliphatic carbocycles. The average Bonchev–Trinajstić information content (AvgIpc) is 3.07. The van der Waals surface area contributed by atoms with Crippen LogP contribution in [0.3, 0.4) is 0 Å². The van der Waals surface area contributed by atoms with Crippen LogP contribution >= 0.6 is 0 Å². The summed E-state index contributed by atoms with van der Waals surface area (Å²) < 4.78 is 6.54. The molecule has 0 unspecified atom stereocenters. The molecule has 2 aliphatic rings. The molecule has 0 atom stereocenters. The molecular formula is C39H33N3O. The zero-order valence-electron chi connectivity index (χ0n) is 24.3. The molecule has 43 heavy (non-hydrogen) atoms. The summed E-state index contributed by atoms with van der Waals surface area (Å²) in [5.74, 6) is 2.33. The molecule has 4 heteroatoms. The fraction of sp³-hybridized carbons (Fsp3) is 0.128. The van der Waals surface area contributed by atoms with Crippen LogP contribution < -0.4 is 9.64 Å². The highest BCUT2D eigenvalue weighted by molar-refractivity contribution is 6.12. The Hall–Kier alpha value is -5.22. The summed E-state index contributed by atoms with van der Waals surface area (Å²) in [6.45, 7) is 6.41. The number of fused-ring (bicyclic) bond motifs is 4. The molecule has 0 N–H and O–H groups in total. The maximum atomic E-state index is 6.54. The van der Waals surface area contributed by atoms with E-state index in [9.17, 15) is 0 Å². The molecule has 210 valence electrons. The standard InChI is InChI=1S/C39H33N3O/c1-27(29-14-5-3-6-15-29)40-39(41-28(2)30-16-7-4-8-17-30)32-19-13-20-33(26-32)42-35-22-11-12-23-37(35)43-38-34-21-10-9-18-31(34)24-25-36(38)42/h4,7-14,16-26H,1,3,5-6,15H2,2H3/b40-39-,41-28+. The fourth-order valence-corrected chi connectivity index (χ4v) is 5.90. The van der Waals surface area contributed by atoms with Gasteiger partial charge in [-0.25, -0.2) is 9.98 Å². The van der Waals surface area contributed by atoms with Gasteiger partial charge in [-0.15, -0.1) is 0 Å². The zero-order valence-corrected chi connectivity index (χ0v) is 24.3. The van der Waals surface area contributed by atoms with Crippen LogP contribution in [-0.4, -0.2) is 11.5 Å². The second-order valence-electron chi connectivity index (χ2n) is 11.0. The van der Waals surface area contributed by atoms with Gasteiger partial charge < -0.3 is 9.64 Å². The summed E-state index contributed by atoms with van der Waals surface area (Å²) >= 11 is 0. The molecule has 7 rings (SSSR count). The third-order valence-electron chi connectivity index (χ3n) is 8.15. The SMILES string of the molecule is C=C(/N=C(\N=C(/C)c1ccccc1)c1cccc(N2c3ccccc3Oc3c2ccc2ccccc32)c1)C1=CCCCC1. The summed E-state index contributed by atoms with van der Waals surface area (Å²) in [5.41, 5.74) is 7.90. The van der Waals surface area contributed by atoms with Gasteiger partial charge in [-0.05, 0) is 79.5 Å². The van der Waals surface area contributed by atoms with E-state index in [0.717, 1.165) is 74.7 Å². The second kappa shape index (κ2) is 11.6. The Morgan fingerprint density at radius 3 is 2.40 bits per heavy atom. The summed E-state index contributed by atoms with van der Waals surface area (Å²) in [6, 6.07) is 39.6. The van der Waals surface area contributed by atoms with E-state index in [1.54, 1.807) is 0 Å². The summed E-state index contributed by atoms with van der Waals surface area (Å²) in [7, 11) is 0. The van der Waals surface area contributed by atoms with E-state index in [2.05, 4.69) is 96.4 Å². The molecule has 0 radical (unpaired) electrons. The van der Waals surface area contributed by atoms with Crippen molar-refractivity contribution in [1.29, 1.82) is 0 Å². The molecular weight excluding hydrogens is 526 g/mol. The van der Waals surface area contributed by atoms with Gasteiger partial charge in [0.15, 0.2) is 17.3 Å². The second-order valence-corrected chi connectivity index (χ2v) is 11.0. The maximum absolute atomic E-state index is 6.54. The molecule has 1 heterocycles. The largest absolute Gasteiger partial charge is 0.452 e. The van der Waals surface area contributed by atoms with Crippen molar-refractivity contribution in [1.82, 2.24) is 0 Å². The Bertz CT molecular complexity index is 1930. The molecule has 0 amide bonds. The third-order valence-corrected chi connectivity index (χ3v) is 8.15. The molecule has 0 aromatic heterocycles. The quantitative estimate of drug-likeness (QED) is 0.156. The van der Waals surface area contributed by atoms with Crippen LogP contribution in [0.2, 0.25) is 0 Å². The minimum Gasteiger partial charge on any atom is -0.452 e. The van der Waals surface area contributed by atoms with E-state index in [1.165, 1.54) is 18.4 Å². The van der Waals surface area contributed by atoms with E-state index < -0.39 is 0 Å². The number of allylic oxidation sites excluding steroid dienone is 2. The lowest BCUT2D eigenvalue weighted by atomic mass is 9.98.